The van der Waals surface area contributed by atoms with E-state index in [1.807, 2.05) is 15.7 Å². The zero-order chi connectivity index (χ0) is 62.1. The summed E-state index contributed by atoms with van der Waals surface area (Å²) in [5, 5.41) is 17.9. The van der Waals surface area contributed by atoms with Crippen LogP contribution in [0.3, 0.4) is 0 Å². The molecule has 0 spiro atoms. The Balaban J connectivity index is 0.000000173. The van der Waals surface area contributed by atoms with Gasteiger partial charge in [-0.1, -0.05) is 23.7 Å². The molecule has 2 saturated heterocycles. The highest BCUT2D eigenvalue weighted by Crippen LogP contribution is 2.52. The van der Waals surface area contributed by atoms with Gasteiger partial charge in [-0.05, 0) is 189 Å². The lowest BCUT2D eigenvalue weighted by molar-refractivity contribution is 0.0705. The molecule has 0 radical (unpaired) electrons. The average Bonchev–Trinajstić information content (AvgIpc) is 1.84. The van der Waals surface area contributed by atoms with Gasteiger partial charge >= 0.3 is 0 Å². The van der Waals surface area contributed by atoms with Gasteiger partial charge in [0.15, 0.2) is 21.7 Å². The molecule has 7 aliphatic rings. The number of carbonyl (C=O) groups excluding carboxylic acids is 2. The van der Waals surface area contributed by atoms with Gasteiger partial charge in [0.1, 0.15) is 22.6 Å². The first kappa shape index (κ1) is 62.2. The normalized spacial score (nSPS) is 21.2. The highest BCUT2D eigenvalue weighted by molar-refractivity contribution is 7.90. The molecule has 6 fully saturated rings. The van der Waals surface area contributed by atoms with E-state index in [2.05, 4.69) is 73.5 Å². The number of ether oxygens (including phenoxy) is 4. The van der Waals surface area contributed by atoms with Crippen LogP contribution in [-0.2, 0) is 29.5 Å². The Morgan fingerprint density at radius 3 is 2.02 bits per heavy atom. The Kier molecular flexibility index (Phi) is 18.2. The molecule has 9 heterocycles. The number of sulfonamides is 2. The van der Waals surface area contributed by atoms with Crippen LogP contribution in [0.5, 0.6) is 11.8 Å². The minimum atomic E-state index is -4.29. The van der Waals surface area contributed by atoms with Crippen LogP contribution in [0.4, 0.5) is 17.5 Å². The highest BCUT2D eigenvalue weighted by atomic mass is 35.5. The molecular weight excluding hydrogens is 1200 g/mol. The Labute approximate surface area is 524 Å². The molecule has 89 heavy (non-hydrogen) atoms. The van der Waals surface area contributed by atoms with Crippen molar-refractivity contribution in [1.82, 2.24) is 54.3 Å². The second-order valence-corrected chi connectivity index (χ2v) is 29.3. The van der Waals surface area contributed by atoms with E-state index in [4.69, 9.17) is 35.5 Å². The summed E-state index contributed by atoms with van der Waals surface area (Å²) in [4.78, 5) is 46.0. The zero-order valence-corrected chi connectivity index (χ0v) is 53.0. The van der Waals surface area contributed by atoms with Crippen LogP contribution in [0.2, 0.25) is 5.15 Å². The number of hydrogen-bond acceptors (Lipinski definition) is 20. The van der Waals surface area contributed by atoms with Crippen molar-refractivity contribution in [2.75, 3.05) is 68.1 Å². The largest absolute Gasteiger partial charge is 0.477 e. The minimum absolute atomic E-state index is 0.0572. The first-order chi connectivity index (χ1) is 42.7. The van der Waals surface area contributed by atoms with Crippen LogP contribution in [0, 0.1) is 35.5 Å². The highest BCUT2D eigenvalue weighted by Gasteiger charge is 2.44. The molecule has 6 aromatic heterocycles. The SMILES string of the molecule is CC1(C)CC(OCCNc2cccc(S(=O)(=O)NC(=O)c3ccc(-n4ccc(OCCC(C5CC5)C5CC5)n4)nc3Cl)n2)CN1.CC1(C)CC2CN1c1nc(-n3ccc(OCCC(C4CC4)C4CC4)n3)ccc1C(=O)NS(=O)(=O)c1cccc(n1)NCCO2. The summed E-state index contributed by atoms with van der Waals surface area (Å²) < 4.78 is 83.8. The number of aromatic nitrogens is 8. The molecule has 6 aromatic rings. The fourth-order valence-corrected chi connectivity index (χ4v) is 14.7. The van der Waals surface area contributed by atoms with Crippen molar-refractivity contribution in [2.24, 2.45) is 35.5 Å². The van der Waals surface area contributed by atoms with Gasteiger partial charge in [0.05, 0.1) is 49.8 Å². The topological polar surface area (TPSA) is 290 Å². The molecule has 13 rings (SSSR count). The van der Waals surface area contributed by atoms with Crippen molar-refractivity contribution in [2.45, 2.75) is 138 Å². The first-order valence-electron chi connectivity index (χ1n) is 31.1. The molecule has 476 valence electrons. The van der Waals surface area contributed by atoms with Gasteiger partial charge in [0, 0.05) is 61.8 Å². The zero-order valence-electron chi connectivity index (χ0n) is 50.6. The molecule has 2 atom stereocenters. The Morgan fingerprint density at radius 1 is 0.775 bits per heavy atom. The number of carbonyl (C=O) groups is 2. The molecular formula is C62H79ClN14O10S2. The van der Waals surface area contributed by atoms with Crippen molar-refractivity contribution < 1.29 is 45.4 Å². The van der Waals surface area contributed by atoms with E-state index in [9.17, 15) is 26.4 Å². The predicted molar refractivity (Wildman–Crippen MR) is 333 cm³/mol. The summed E-state index contributed by atoms with van der Waals surface area (Å²) in [6, 6.07) is 18.9. The number of pyridine rings is 4. The molecule has 4 saturated carbocycles. The predicted octanol–water partition coefficient (Wildman–Crippen LogP) is 7.99. The van der Waals surface area contributed by atoms with Crippen molar-refractivity contribution in [3.05, 3.63) is 101 Å². The van der Waals surface area contributed by atoms with Crippen molar-refractivity contribution >= 4 is 60.9 Å². The lowest BCUT2D eigenvalue weighted by Gasteiger charge is -2.33. The molecule has 0 aromatic carbocycles. The molecule has 5 N–H and O–H groups in total. The van der Waals surface area contributed by atoms with Crippen LogP contribution in [0.15, 0.2) is 95.2 Å². The van der Waals surface area contributed by atoms with Crippen LogP contribution < -0.4 is 39.8 Å². The number of fused-ring (bicyclic) bond motifs is 6. The maximum Gasteiger partial charge on any atom is 0.281 e. The van der Waals surface area contributed by atoms with Gasteiger partial charge in [-0.3, -0.25) is 9.59 Å². The molecule has 2 unspecified atom stereocenters. The van der Waals surface area contributed by atoms with Crippen molar-refractivity contribution in [1.29, 1.82) is 0 Å². The Hall–Kier alpha value is -6.97. The third kappa shape index (κ3) is 15.8. The van der Waals surface area contributed by atoms with E-state index in [1.54, 1.807) is 59.5 Å². The fraction of sp³-hybridized carbons (Fsp3) is 0.548. The van der Waals surface area contributed by atoms with Crippen molar-refractivity contribution in [3.8, 4) is 23.4 Å². The van der Waals surface area contributed by atoms with Gasteiger partial charge in [-0.25, -0.2) is 38.7 Å². The number of halogens is 1. The number of hydrogen-bond donors (Lipinski definition) is 5. The summed E-state index contributed by atoms with van der Waals surface area (Å²) in [5.74, 6) is 6.26. The molecule has 2 amide bonds. The molecule has 27 heteroatoms. The average molecular weight is 1280 g/mol. The monoisotopic (exact) mass is 1280 g/mol. The first-order valence-corrected chi connectivity index (χ1v) is 34.4. The molecule has 24 nitrogen and oxygen atoms in total. The minimum Gasteiger partial charge on any atom is -0.477 e. The Bertz CT molecular complexity index is 3730. The van der Waals surface area contributed by atoms with E-state index < -0.39 is 37.4 Å². The third-order valence-electron chi connectivity index (χ3n) is 17.7. The van der Waals surface area contributed by atoms with Crippen LogP contribution >= 0.6 is 11.6 Å². The quantitative estimate of drug-likeness (QED) is 0.0318. The number of amides is 2. The number of nitrogens with one attached hydrogen (secondary N) is 5. The smallest absolute Gasteiger partial charge is 0.281 e. The van der Waals surface area contributed by atoms with Crippen LogP contribution in [0.25, 0.3) is 11.6 Å². The van der Waals surface area contributed by atoms with Crippen LogP contribution in [-0.4, -0.2) is 144 Å². The van der Waals surface area contributed by atoms with Gasteiger partial charge in [-0.2, -0.15) is 16.8 Å². The molecule has 4 bridgehead atoms. The third-order valence-corrected chi connectivity index (χ3v) is 20.5. The second kappa shape index (κ2) is 26.1. The number of nitrogens with zero attached hydrogens (tertiary/aromatic N) is 9. The summed E-state index contributed by atoms with van der Waals surface area (Å²) >= 11 is 6.32. The van der Waals surface area contributed by atoms with Gasteiger partial charge in [0.2, 0.25) is 11.8 Å². The van der Waals surface area contributed by atoms with E-state index in [0.29, 0.717) is 93.3 Å². The Morgan fingerprint density at radius 2 is 1.40 bits per heavy atom. The van der Waals surface area contributed by atoms with Crippen molar-refractivity contribution in [3.63, 3.8) is 0 Å². The lowest BCUT2D eigenvalue weighted by Crippen LogP contribution is -2.41. The fourth-order valence-electron chi connectivity index (χ4n) is 12.6. The van der Waals surface area contributed by atoms with Gasteiger partial charge < -0.3 is 39.8 Å². The summed E-state index contributed by atoms with van der Waals surface area (Å²) in [5.41, 5.74) is -0.333. The summed E-state index contributed by atoms with van der Waals surface area (Å²) in [6.07, 6.45) is 18.0. The molecule has 3 aliphatic heterocycles. The van der Waals surface area contributed by atoms with Gasteiger partial charge in [-0.15, -0.1) is 10.2 Å². The summed E-state index contributed by atoms with van der Waals surface area (Å²) in [6.45, 7) is 12.7. The number of rotatable bonds is 22. The van der Waals surface area contributed by atoms with Gasteiger partial charge in [0.25, 0.3) is 31.9 Å². The van der Waals surface area contributed by atoms with E-state index in [0.717, 1.165) is 61.3 Å². The second-order valence-electron chi connectivity index (χ2n) is 25.7. The van der Waals surface area contributed by atoms with E-state index >= 15 is 0 Å². The number of anilines is 3. The van der Waals surface area contributed by atoms with E-state index in [-0.39, 0.29) is 44.1 Å². The van der Waals surface area contributed by atoms with E-state index in [1.165, 1.54) is 80.3 Å². The standard InChI is InChI=1S/C31H40ClN7O5S.C31H39N7O5S/c1-31(2)18-22(19-34-31)43-17-14-33-25-4-3-5-28(35-25)45(41,42)38-30(40)24-10-11-26(36-29(24)32)39-15-12-27(37-39)44-16-13-23(20-6-7-20)21-8-9-21;1-31(2)18-22-19-37(31)29-24(30(39)36-44(40,41)28-5-3-4-25(33-28)32-14-17-42-22)10-11-26(34-29)38-15-12-27(35-38)43-16-13-23(20-6-7-20)21-8-9-21/h3-5,10-12,15,20-23,34H,6-9,13-14,16-19H2,1-2H3,(H,33,35)(H,38,40);3-5,10-12,15,20-23H,6-9,13-14,16-19H2,1-2H3,(H,32,33)(H,36,39). The lowest BCUT2D eigenvalue weighted by atomic mass is 9.95. The molecule has 4 aliphatic carbocycles. The van der Waals surface area contributed by atoms with Crippen LogP contribution in [0.1, 0.15) is 125 Å². The maximum absolute atomic E-state index is 13.6. The maximum atomic E-state index is 13.6. The summed E-state index contributed by atoms with van der Waals surface area (Å²) in [7, 11) is -8.54.